The van der Waals surface area contributed by atoms with E-state index in [9.17, 15) is 8.42 Å². The molecule has 126 valence electrons. The molecule has 2 fully saturated rings. The molecule has 0 saturated carbocycles. The van der Waals surface area contributed by atoms with E-state index in [1.165, 1.54) is 0 Å². The van der Waals surface area contributed by atoms with Crippen LogP contribution in [0.2, 0.25) is 0 Å². The fourth-order valence-corrected chi connectivity index (χ4v) is 3.88. The minimum absolute atomic E-state index is 0.176. The Kier molecular flexibility index (Phi) is 3.97. The first-order chi connectivity index (χ1) is 10.6. The summed E-state index contributed by atoms with van der Waals surface area (Å²) in [6, 6.07) is 3.81. The summed E-state index contributed by atoms with van der Waals surface area (Å²) in [7, 11) is -3.33. The summed E-state index contributed by atoms with van der Waals surface area (Å²) >= 11 is 0. The van der Waals surface area contributed by atoms with Gasteiger partial charge in [-0.15, -0.1) is 0 Å². The van der Waals surface area contributed by atoms with Gasteiger partial charge in [-0.2, -0.15) is 0 Å². The van der Waals surface area contributed by atoms with Crippen molar-refractivity contribution in [1.82, 2.24) is 4.98 Å². The zero-order chi connectivity index (χ0) is 16.9. The second kappa shape index (κ2) is 5.46. The summed E-state index contributed by atoms with van der Waals surface area (Å²) in [6.45, 7) is 9.02. The zero-order valence-electron chi connectivity index (χ0n) is 14.1. The highest BCUT2D eigenvalue weighted by molar-refractivity contribution is 7.91. The van der Waals surface area contributed by atoms with Crippen LogP contribution in [-0.4, -0.2) is 56.3 Å². The molecule has 0 aliphatic carbocycles. The molecule has 3 rings (SSSR count). The molecule has 2 saturated heterocycles. The number of aromatic nitrogens is 1. The van der Waals surface area contributed by atoms with Crippen LogP contribution in [0.25, 0.3) is 0 Å². The summed E-state index contributed by atoms with van der Waals surface area (Å²) in [5, 5.41) is 0. The fraction of sp³-hybridized carbons (Fsp3) is 0.667. The molecular formula is C15H23BN2O4S. The average Bonchev–Trinajstić information content (AvgIpc) is 2.68. The van der Waals surface area contributed by atoms with Crippen LogP contribution >= 0.6 is 0 Å². The number of sulfone groups is 1. The summed E-state index contributed by atoms with van der Waals surface area (Å²) in [6.07, 6.45) is 1.72. The van der Waals surface area contributed by atoms with Crippen molar-refractivity contribution in [1.29, 1.82) is 0 Å². The lowest BCUT2D eigenvalue weighted by Crippen LogP contribution is -2.42. The van der Waals surface area contributed by atoms with Crippen LogP contribution in [-0.2, 0) is 19.1 Å². The van der Waals surface area contributed by atoms with E-state index in [-0.39, 0.29) is 22.7 Å². The predicted octanol–water partition coefficient (Wildman–Crippen LogP) is 0.616. The van der Waals surface area contributed by atoms with Gasteiger partial charge in [0.2, 0.25) is 0 Å². The quantitative estimate of drug-likeness (QED) is 0.737. The van der Waals surface area contributed by atoms with Gasteiger partial charge in [-0.3, -0.25) is 0 Å². The van der Waals surface area contributed by atoms with Crippen molar-refractivity contribution in [2.24, 2.45) is 0 Å². The van der Waals surface area contributed by atoms with Gasteiger partial charge >= 0.3 is 7.12 Å². The minimum atomic E-state index is -2.90. The molecule has 2 aliphatic heterocycles. The second-order valence-corrected chi connectivity index (χ2v) is 9.48. The Morgan fingerprint density at radius 3 is 2.26 bits per heavy atom. The maximum Gasteiger partial charge on any atom is 0.495 e. The normalized spacial score (nSPS) is 25.6. The Morgan fingerprint density at radius 1 is 1.13 bits per heavy atom. The molecule has 3 heterocycles. The van der Waals surface area contributed by atoms with Gasteiger partial charge in [0.25, 0.3) is 0 Å². The molecule has 0 bridgehead atoms. The maximum atomic E-state index is 11.6. The number of anilines is 1. The summed E-state index contributed by atoms with van der Waals surface area (Å²) in [4.78, 5) is 6.37. The molecule has 0 aromatic carbocycles. The van der Waals surface area contributed by atoms with Crippen LogP contribution in [0.3, 0.4) is 0 Å². The van der Waals surface area contributed by atoms with Gasteiger partial charge in [-0.05, 0) is 45.3 Å². The lowest BCUT2D eigenvalue weighted by Gasteiger charge is -2.32. The van der Waals surface area contributed by atoms with Crippen molar-refractivity contribution in [3.8, 4) is 0 Å². The van der Waals surface area contributed by atoms with E-state index in [2.05, 4.69) is 4.98 Å². The van der Waals surface area contributed by atoms with E-state index in [1.54, 1.807) is 6.20 Å². The summed E-state index contributed by atoms with van der Waals surface area (Å²) in [5.41, 5.74) is 0.128. The van der Waals surface area contributed by atoms with E-state index in [1.807, 2.05) is 44.7 Å². The van der Waals surface area contributed by atoms with E-state index in [0.717, 1.165) is 11.3 Å². The molecule has 8 heteroatoms. The second-order valence-electron chi connectivity index (χ2n) is 7.17. The highest BCUT2D eigenvalue weighted by Crippen LogP contribution is 2.36. The van der Waals surface area contributed by atoms with Gasteiger partial charge in [-0.25, -0.2) is 13.4 Å². The van der Waals surface area contributed by atoms with E-state index in [0.29, 0.717) is 13.1 Å². The van der Waals surface area contributed by atoms with Crippen LogP contribution in [0.4, 0.5) is 5.82 Å². The van der Waals surface area contributed by atoms with Gasteiger partial charge in [0.15, 0.2) is 9.84 Å². The third-order valence-electron chi connectivity index (χ3n) is 4.96. The predicted molar refractivity (Wildman–Crippen MR) is 90.8 cm³/mol. The van der Waals surface area contributed by atoms with Gasteiger partial charge < -0.3 is 14.2 Å². The standard InChI is InChI=1S/C15H23BN2O4S/c1-14(2)15(3,4)22-16(21-14)12-5-6-17-13(11-12)18-7-9-23(19,20)10-8-18/h5-6,11H,7-10H2,1-4H3. The Labute approximate surface area is 138 Å². The van der Waals surface area contributed by atoms with Crippen molar-refractivity contribution in [2.75, 3.05) is 29.5 Å². The number of rotatable bonds is 2. The number of hydrogen-bond donors (Lipinski definition) is 0. The van der Waals surface area contributed by atoms with Crippen LogP contribution in [0.5, 0.6) is 0 Å². The van der Waals surface area contributed by atoms with Crippen LogP contribution < -0.4 is 10.4 Å². The van der Waals surface area contributed by atoms with Crippen molar-refractivity contribution >= 4 is 28.2 Å². The van der Waals surface area contributed by atoms with E-state index in [4.69, 9.17) is 9.31 Å². The van der Waals surface area contributed by atoms with Gasteiger partial charge in [0.1, 0.15) is 5.82 Å². The molecule has 0 radical (unpaired) electrons. The summed E-state index contributed by atoms with van der Waals surface area (Å²) in [5.74, 6) is 1.12. The smallest absolute Gasteiger partial charge is 0.399 e. The van der Waals surface area contributed by atoms with Crippen LogP contribution in [0.1, 0.15) is 27.7 Å². The molecule has 2 aliphatic rings. The topological polar surface area (TPSA) is 68.7 Å². The molecule has 0 spiro atoms. The fourth-order valence-electron chi connectivity index (χ4n) is 2.67. The third-order valence-corrected chi connectivity index (χ3v) is 6.57. The average molecular weight is 338 g/mol. The highest BCUT2D eigenvalue weighted by atomic mass is 32.2. The van der Waals surface area contributed by atoms with Crippen molar-refractivity contribution in [3.63, 3.8) is 0 Å². The van der Waals surface area contributed by atoms with Gasteiger partial charge in [-0.1, -0.05) is 0 Å². The molecule has 1 aromatic heterocycles. The van der Waals surface area contributed by atoms with Crippen molar-refractivity contribution in [2.45, 2.75) is 38.9 Å². The lowest BCUT2D eigenvalue weighted by molar-refractivity contribution is 0.00578. The molecule has 1 aromatic rings. The Hall–Kier alpha value is -1.12. The Morgan fingerprint density at radius 2 is 1.70 bits per heavy atom. The number of nitrogens with zero attached hydrogens (tertiary/aromatic N) is 2. The third kappa shape index (κ3) is 3.25. The zero-order valence-corrected chi connectivity index (χ0v) is 14.9. The molecule has 0 amide bonds. The maximum absolute atomic E-state index is 11.6. The first-order valence-corrected chi connectivity index (χ1v) is 9.69. The molecule has 0 unspecified atom stereocenters. The van der Waals surface area contributed by atoms with Gasteiger partial charge in [0.05, 0.1) is 22.7 Å². The van der Waals surface area contributed by atoms with Crippen LogP contribution in [0, 0.1) is 0 Å². The Bertz CT molecular complexity index is 675. The molecule has 0 N–H and O–H groups in total. The largest absolute Gasteiger partial charge is 0.495 e. The monoisotopic (exact) mass is 338 g/mol. The number of pyridine rings is 1. The SMILES string of the molecule is CC1(C)OB(c2ccnc(N3CCS(=O)(=O)CC3)c2)OC1(C)C. The van der Waals surface area contributed by atoms with Crippen LogP contribution in [0.15, 0.2) is 18.3 Å². The molecule has 6 nitrogen and oxygen atoms in total. The highest BCUT2D eigenvalue weighted by Gasteiger charge is 2.51. The molecular weight excluding hydrogens is 315 g/mol. The van der Waals surface area contributed by atoms with Crippen molar-refractivity contribution in [3.05, 3.63) is 18.3 Å². The first kappa shape index (κ1) is 16.7. The van der Waals surface area contributed by atoms with E-state index < -0.39 is 17.0 Å². The number of hydrogen-bond acceptors (Lipinski definition) is 6. The lowest BCUT2D eigenvalue weighted by atomic mass is 9.79. The minimum Gasteiger partial charge on any atom is -0.399 e. The Balaban J connectivity index is 1.79. The van der Waals surface area contributed by atoms with Gasteiger partial charge in [0, 0.05) is 19.3 Å². The molecule has 0 atom stereocenters. The van der Waals surface area contributed by atoms with E-state index >= 15 is 0 Å². The molecule has 23 heavy (non-hydrogen) atoms. The first-order valence-electron chi connectivity index (χ1n) is 7.87. The summed E-state index contributed by atoms with van der Waals surface area (Å²) < 4.78 is 35.2. The van der Waals surface area contributed by atoms with Crippen molar-refractivity contribution < 1.29 is 17.7 Å².